The third-order valence-corrected chi connectivity index (χ3v) is 7.62. The minimum absolute atomic E-state index is 0.0218. The molecule has 1 aromatic carbocycles. The Morgan fingerprint density at radius 2 is 1.73 bits per heavy atom. The Labute approximate surface area is 152 Å². The third-order valence-electron chi connectivity index (χ3n) is 5.14. The normalized spacial score (nSPS) is 26.2. The van der Waals surface area contributed by atoms with Gasteiger partial charge in [0.2, 0.25) is 5.91 Å². The molecule has 0 bridgehead atoms. The van der Waals surface area contributed by atoms with E-state index in [1.807, 2.05) is 0 Å². The lowest BCUT2D eigenvalue weighted by Crippen LogP contribution is -2.48. The molecule has 2 aliphatic rings. The maximum absolute atomic E-state index is 13.7. The van der Waals surface area contributed by atoms with Gasteiger partial charge in [0.1, 0.15) is 5.66 Å². The van der Waals surface area contributed by atoms with Crippen LogP contribution in [-0.4, -0.2) is 35.7 Å². The Morgan fingerprint density at radius 3 is 2.35 bits per heavy atom. The van der Waals surface area contributed by atoms with E-state index in [2.05, 4.69) is 0 Å². The van der Waals surface area contributed by atoms with Gasteiger partial charge in [-0.05, 0) is 57.2 Å². The van der Waals surface area contributed by atoms with Crippen molar-refractivity contribution in [3.05, 3.63) is 35.4 Å². The standard InChI is InChI=1S/C18H24F2NO4P/c1-3-24-26(23,25-4-2)17-10-7-13-6-9-16(21(13)18(17)22)12-5-8-14(19)15(20)11-12/h5,8,11,13,16-17H,3-4,6-7,9-10H2,1-2H3/t13-,16+,17?/m1/s1. The Morgan fingerprint density at radius 1 is 1.08 bits per heavy atom. The zero-order valence-electron chi connectivity index (χ0n) is 15.0. The minimum atomic E-state index is -3.56. The summed E-state index contributed by atoms with van der Waals surface area (Å²) >= 11 is 0. The summed E-state index contributed by atoms with van der Waals surface area (Å²) in [5.41, 5.74) is -0.285. The van der Waals surface area contributed by atoms with Crippen molar-refractivity contribution < 1.29 is 27.2 Å². The Hall–Kier alpha value is -1.30. The topological polar surface area (TPSA) is 55.8 Å². The predicted molar refractivity (Wildman–Crippen MR) is 92.8 cm³/mol. The summed E-state index contributed by atoms with van der Waals surface area (Å²) in [6, 6.07) is 3.40. The summed E-state index contributed by atoms with van der Waals surface area (Å²) in [5.74, 6) is -2.12. The number of hydrogen-bond acceptors (Lipinski definition) is 4. The first kappa shape index (κ1) is 19.5. The average Bonchev–Trinajstić information content (AvgIpc) is 3.03. The minimum Gasteiger partial charge on any atom is -0.332 e. The largest absolute Gasteiger partial charge is 0.343 e. The molecule has 26 heavy (non-hydrogen) atoms. The quantitative estimate of drug-likeness (QED) is 0.678. The highest BCUT2D eigenvalue weighted by atomic mass is 31.2. The second kappa shape index (κ2) is 7.75. The fourth-order valence-electron chi connectivity index (χ4n) is 4.06. The van der Waals surface area contributed by atoms with E-state index in [1.54, 1.807) is 18.7 Å². The number of benzene rings is 1. The van der Waals surface area contributed by atoms with Crippen LogP contribution in [0.5, 0.6) is 0 Å². The fourth-order valence-corrected chi connectivity index (χ4v) is 6.09. The number of piperidine rings is 1. The summed E-state index contributed by atoms with van der Waals surface area (Å²) in [7, 11) is -3.56. The molecule has 1 amide bonds. The van der Waals surface area contributed by atoms with E-state index in [4.69, 9.17) is 9.05 Å². The number of nitrogens with zero attached hydrogens (tertiary/aromatic N) is 1. The third kappa shape index (κ3) is 3.45. The number of fused-ring (bicyclic) bond motifs is 1. The smallest absolute Gasteiger partial charge is 0.332 e. The van der Waals surface area contributed by atoms with E-state index in [0.29, 0.717) is 24.8 Å². The molecule has 8 heteroatoms. The highest BCUT2D eigenvalue weighted by Gasteiger charge is 2.51. The van der Waals surface area contributed by atoms with Gasteiger partial charge in [0.05, 0.1) is 19.3 Å². The van der Waals surface area contributed by atoms with Crippen molar-refractivity contribution in [3.8, 4) is 0 Å². The van der Waals surface area contributed by atoms with Crippen molar-refractivity contribution in [2.45, 2.75) is 57.3 Å². The van der Waals surface area contributed by atoms with E-state index in [0.717, 1.165) is 18.6 Å². The number of amides is 1. The molecule has 0 radical (unpaired) electrons. The highest BCUT2D eigenvalue weighted by molar-refractivity contribution is 7.55. The van der Waals surface area contributed by atoms with Crippen LogP contribution in [0.1, 0.15) is 51.1 Å². The van der Waals surface area contributed by atoms with Gasteiger partial charge in [-0.2, -0.15) is 0 Å². The molecular formula is C18H24F2NO4P. The first-order chi connectivity index (χ1) is 12.4. The summed E-state index contributed by atoms with van der Waals surface area (Å²) < 4.78 is 50.8. The molecule has 5 nitrogen and oxygen atoms in total. The molecule has 0 saturated carbocycles. The van der Waals surface area contributed by atoms with Crippen LogP contribution in [0, 0.1) is 11.6 Å². The zero-order valence-corrected chi connectivity index (χ0v) is 15.9. The SMILES string of the molecule is CCOP(=O)(OCC)C1CC[C@H]2CC[C@@H](c3ccc(F)c(F)c3)N2C1=O. The van der Waals surface area contributed by atoms with Crippen LogP contribution < -0.4 is 0 Å². The van der Waals surface area contributed by atoms with Crippen LogP contribution in [0.15, 0.2) is 18.2 Å². The lowest BCUT2D eigenvalue weighted by atomic mass is 10.0. The maximum atomic E-state index is 13.7. The van der Waals surface area contributed by atoms with Crippen molar-refractivity contribution in [2.75, 3.05) is 13.2 Å². The number of hydrogen-bond donors (Lipinski definition) is 0. The lowest BCUT2D eigenvalue weighted by Gasteiger charge is -2.40. The molecule has 3 atom stereocenters. The molecule has 1 unspecified atom stereocenters. The molecule has 0 N–H and O–H groups in total. The Bertz CT molecular complexity index is 719. The number of rotatable bonds is 6. The van der Waals surface area contributed by atoms with Gasteiger partial charge in [0.15, 0.2) is 11.6 Å². The van der Waals surface area contributed by atoms with Crippen LogP contribution in [0.25, 0.3) is 0 Å². The molecule has 2 fully saturated rings. The van der Waals surface area contributed by atoms with E-state index in [1.165, 1.54) is 6.07 Å². The van der Waals surface area contributed by atoms with E-state index >= 15 is 0 Å². The average molecular weight is 387 g/mol. The lowest BCUT2D eigenvalue weighted by molar-refractivity contribution is -0.137. The molecule has 0 spiro atoms. The van der Waals surface area contributed by atoms with Crippen LogP contribution >= 0.6 is 7.60 Å². The van der Waals surface area contributed by atoms with E-state index in [9.17, 15) is 18.1 Å². The number of halogens is 2. The zero-order chi connectivity index (χ0) is 18.9. The summed E-state index contributed by atoms with van der Waals surface area (Å²) in [5, 5.41) is 0. The summed E-state index contributed by atoms with van der Waals surface area (Å²) in [6.45, 7) is 3.80. The first-order valence-electron chi connectivity index (χ1n) is 9.07. The van der Waals surface area contributed by atoms with Crippen LogP contribution in [0.3, 0.4) is 0 Å². The van der Waals surface area contributed by atoms with Gasteiger partial charge >= 0.3 is 7.60 Å². The monoisotopic (exact) mass is 387 g/mol. The maximum Gasteiger partial charge on any atom is 0.343 e. The van der Waals surface area contributed by atoms with Gasteiger partial charge in [0, 0.05) is 6.04 Å². The molecule has 2 heterocycles. The van der Waals surface area contributed by atoms with Gasteiger partial charge in [-0.1, -0.05) is 6.07 Å². The second-order valence-electron chi connectivity index (χ2n) is 6.63. The van der Waals surface area contributed by atoms with Crippen molar-refractivity contribution in [1.29, 1.82) is 0 Å². The molecule has 144 valence electrons. The first-order valence-corrected chi connectivity index (χ1v) is 10.7. The van der Waals surface area contributed by atoms with Gasteiger partial charge in [0.25, 0.3) is 0 Å². The fraction of sp³-hybridized carbons (Fsp3) is 0.611. The number of carbonyl (C=O) groups is 1. The van der Waals surface area contributed by atoms with Gasteiger partial charge in [-0.25, -0.2) is 8.78 Å². The Kier molecular flexibility index (Phi) is 5.80. The molecule has 1 aromatic rings. The van der Waals surface area contributed by atoms with Gasteiger partial charge < -0.3 is 13.9 Å². The molecule has 0 aromatic heterocycles. The second-order valence-corrected chi connectivity index (χ2v) is 8.85. The molecular weight excluding hydrogens is 363 g/mol. The molecule has 2 aliphatic heterocycles. The summed E-state index contributed by atoms with van der Waals surface area (Å²) in [4.78, 5) is 14.9. The van der Waals surface area contributed by atoms with Crippen LogP contribution in [0.4, 0.5) is 8.78 Å². The molecule has 3 rings (SSSR count). The van der Waals surface area contributed by atoms with Gasteiger partial charge in [-0.3, -0.25) is 9.36 Å². The Balaban J connectivity index is 1.89. The van der Waals surface area contributed by atoms with Crippen molar-refractivity contribution in [1.82, 2.24) is 4.90 Å². The molecule has 0 aliphatic carbocycles. The van der Waals surface area contributed by atoms with E-state index < -0.39 is 24.9 Å². The predicted octanol–water partition coefficient (Wildman–Crippen LogP) is 4.43. The van der Waals surface area contributed by atoms with Crippen LogP contribution in [-0.2, 0) is 18.4 Å². The van der Waals surface area contributed by atoms with Crippen molar-refractivity contribution >= 4 is 13.5 Å². The number of carbonyl (C=O) groups excluding carboxylic acids is 1. The van der Waals surface area contributed by atoms with Crippen LogP contribution in [0.2, 0.25) is 0 Å². The van der Waals surface area contributed by atoms with Gasteiger partial charge in [-0.15, -0.1) is 0 Å². The van der Waals surface area contributed by atoms with E-state index in [-0.39, 0.29) is 31.2 Å². The van der Waals surface area contributed by atoms with Crippen molar-refractivity contribution in [2.24, 2.45) is 0 Å². The summed E-state index contributed by atoms with van der Waals surface area (Å²) in [6.07, 6.45) is 2.60. The molecule has 2 saturated heterocycles. The highest BCUT2D eigenvalue weighted by Crippen LogP contribution is 2.58. The van der Waals surface area contributed by atoms with Crippen molar-refractivity contribution in [3.63, 3.8) is 0 Å².